The number of anilines is 1. The number of carbonyl (C=O) groups excluding carboxylic acids is 1. The normalized spacial score (nSPS) is 22.5. The van der Waals surface area contributed by atoms with Crippen LogP contribution in [0.15, 0.2) is 29.9 Å². The molecule has 0 aromatic carbocycles. The molecule has 11 heteroatoms. The van der Waals surface area contributed by atoms with Gasteiger partial charge in [0.1, 0.15) is 11.3 Å². The lowest BCUT2D eigenvalue weighted by atomic mass is 10.0. The maximum absolute atomic E-state index is 13.6. The summed E-state index contributed by atoms with van der Waals surface area (Å²) in [7, 11) is 0. The van der Waals surface area contributed by atoms with Gasteiger partial charge in [-0.1, -0.05) is 0 Å². The molecule has 1 saturated carbocycles. The molecule has 0 unspecified atom stereocenters. The van der Waals surface area contributed by atoms with Crippen LogP contribution in [0.4, 0.5) is 23.8 Å². The summed E-state index contributed by atoms with van der Waals surface area (Å²) in [5.74, 6) is 1.32. The molecule has 0 radical (unpaired) electrons. The number of rotatable bonds is 3. The Kier molecular flexibility index (Phi) is 5.85. The van der Waals surface area contributed by atoms with Crippen molar-refractivity contribution in [2.45, 2.75) is 51.4 Å². The number of ether oxygens (including phenoxy) is 1. The number of halogens is 3. The maximum Gasteiger partial charge on any atom is 0.417 e. The summed E-state index contributed by atoms with van der Waals surface area (Å²) in [5.41, 5.74) is -1.22. The SMILES string of the molecule is CC(C)(C)OC(=O)N1C[C@H]2C[C@H](Nc3nnc(-c4cnccc4C(F)(F)F)c4ccsc34)C[C@H]2C1. The summed E-state index contributed by atoms with van der Waals surface area (Å²) in [6.45, 7) is 6.91. The van der Waals surface area contributed by atoms with Crippen LogP contribution in [0.3, 0.4) is 0 Å². The number of pyridine rings is 1. The molecule has 2 aliphatic rings. The van der Waals surface area contributed by atoms with E-state index in [4.69, 9.17) is 4.74 Å². The van der Waals surface area contributed by atoms with Gasteiger partial charge in [-0.3, -0.25) is 4.98 Å². The van der Waals surface area contributed by atoms with Crippen LogP contribution in [0.5, 0.6) is 0 Å². The average molecular weight is 506 g/mol. The Balaban J connectivity index is 1.32. The van der Waals surface area contributed by atoms with Crippen molar-refractivity contribution >= 4 is 33.3 Å². The van der Waals surface area contributed by atoms with E-state index in [1.54, 1.807) is 11.0 Å². The van der Waals surface area contributed by atoms with Gasteiger partial charge in [-0.15, -0.1) is 21.5 Å². The summed E-state index contributed by atoms with van der Waals surface area (Å²) in [6, 6.07) is 2.88. The van der Waals surface area contributed by atoms with Crippen molar-refractivity contribution in [3.05, 3.63) is 35.5 Å². The van der Waals surface area contributed by atoms with E-state index in [0.29, 0.717) is 36.1 Å². The number of nitrogens with zero attached hydrogens (tertiary/aromatic N) is 4. The van der Waals surface area contributed by atoms with E-state index < -0.39 is 17.3 Å². The lowest BCUT2D eigenvalue weighted by Gasteiger charge is -2.25. The van der Waals surface area contributed by atoms with Crippen molar-refractivity contribution in [2.24, 2.45) is 11.8 Å². The van der Waals surface area contributed by atoms with E-state index in [1.165, 1.54) is 17.5 Å². The van der Waals surface area contributed by atoms with Gasteiger partial charge in [0.2, 0.25) is 0 Å². The van der Waals surface area contributed by atoms with Gasteiger partial charge in [-0.2, -0.15) is 13.2 Å². The lowest BCUT2D eigenvalue weighted by molar-refractivity contribution is -0.137. The zero-order valence-corrected chi connectivity index (χ0v) is 20.4. The molecule has 186 valence electrons. The summed E-state index contributed by atoms with van der Waals surface area (Å²) in [6.07, 6.45) is -0.727. The topological polar surface area (TPSA) is 80.2 Å². The van der Waals surface area contributed by atoms with Gasteiger partial charge in [-0.05, 0) is 63.0 Å². The number of nitrogens with one attached hydrogen (secondary N) is 1. The monoisotopic (exact) mass is 505 g/mol. The molecule has 1 aliphatic carbocycles. The van der Waals surface area contributed by atoms with Gasteiger partial charge < -0.3 is 15.0 Å². The lowest BCUT2D eigenvalue weighted by Crippen LogP contribution is -2.36. The van der Waals surface area contributed by atoms with E-state index in [-0.39, 0.29) is 23.4 Å². The fourth-order valence-corrected chi connectivity index (χ4v) is 5.93. The fraction of sp³-hybridized carbons (Fsp3) is 0.500. The van der Waals surface area contributed by atoms with E-state index in [9.17, 15) is 18.0 Å². The van der Waals surface area contributed by atoms with Crippen LogP contribution in [0.1, 0.15) is 39.2 Å². The van der Waals surface area contributed by atoms with Gasteiger partial charge >= 0.3 is 12.3 Å². The van der Waals surface area contributed by atoms with Gasteiger partial charge in [-0.25, -0.2) is 4.79 Å². The highest BCUT2D eigenvalue weighted by atomic mass is 32.1. The molecule has 1 aliphatic heterocycles. The number of hydrogen-bond donors (Lipinski definition) is 1. The molecule has 5 rings (SSSR count). The molecule has 3 atom stereocenters. The van der Waals surface area contributed by atoms with E-state index in [2.05, 4.69) is 20.5 Å². The molecular formula is C24H26F3N5O2S. The van der Waals surface area contributed by atoms with Crippen LogP contribution in [-0.2, 0) is 10.9 Å². The predicted molar refractivity (Wildman–Crippen MR) is 127 cm³/mol. The van der Waals surface area contributed by atoms with Crippen molar-refractivity contribution in [3.8, 4) is 11.3 Å². The molecule has 3 aromatic rings. The average Bonchev–Trinajstić information content (AvgIpc) is 3.47. The Morgan fingerprint density at radius 2 is 1.86 bits per heavy atom. The highest BCUT2D eigenvalue weighted by Crippen LogP contribution is 2.42. The molecular weight excluding hydrogens is 479 g/mol. The molecule has 1 N–H and O–H groups in total. The van der Waals surface area contributed by atoms with Crippen molar-refractivity contribution < 1.29 is 22.7 Å². The van der Waals surface area contributed by atoms with Crippen LogP contribution in [0, 0.1) is 11.8 Å². The van der Waals surface area contributed by atoms with Crippen LogP contribution in [-0.4, -0.2) is 50.9 Å². The third kappa shape index (κ3) is 4.78. The number of hydrogen-bond acceptors (Lipinski definition) is 7. The molecule has 2 fully saturated rings. The molecule has 1 saturated heterocycles. The Morgan fingerprint density at radius 1 is 1.14 bits per heavy atom. The zero-order chi connectivity index (χ0) is 25.0. The molecule has 3 aromatic heterocycles. The first kappa shape index (κ1) is 23.8. The fourth-order valence-electron chi connectivity index (χ4n) is 5.09. The van der Waals surface area contributed by atoms with E-state index in [1.807, 2.05) is 26.2 Å². The Hall–Kier alpha value is -2.95. The predicted octanol–water partition coefficient (Wildman–Crippen LogP) is 5.83. The molecule has 0 spiro atoms. The van der Waals surface area contributed by atoms with Gasteiger partial charge in [0.15, 0.2) is 5.82 Å². The van der Waals surface area contributed by atoms with Crippen LogP contribution < -0.4 is 5.32 Å². The Bertz CT molecular complexity index is 1240. The number of carbonyl (C=O) groups is 1. The molecule has 35 heavy (non-hydrogen) atoms. The number of alkyl halides is 3. The number of likely N-dealkylation sites (tertiary alicyclic amines) is 1. The summed E-state index contributed by atoms with van der Waals surface area (Å²) >= 11 is 1.41. The van der Waals surface area contributed by atoms with Crippen molar-refractivity contribution in [2.75, 3.05) is 18.4 Å². The maximum atomic E-state index is 13.6. The van der Waals surface area contributed by atoms with Gasteiger partial charge in [0, 0.05) is 42.5 Å². The molecule has 0 bridgehead atoms. The van der Waals surface area contributed by atoms with Crippen LogP contribution >= 0.6 is 11.3 Å². The minimum atomic E-state index is -4.52. The standard InChI is InChI=1S/C24H26F3N5O2S/c1-23(2,3)34-22(33)32-11-13-8-15(9-14(13)12-32)29-21-20-16(5-7-35-20)19(30-31-21)17-10-28-6-4-18(17)24(25,26)27/h4-7,10,13-15H,8-9,11-12H2,1-3H3,(H,29,31)/t13-,14+,15+. The first-order chi connectivity index (χ1) is 16.5. The van der Waals surface area contributed by atoms with Crippen LogP contribution in [0.2, 0.25) is 0 Å². The Morgan fingerprint density at radius 3 is 2.51 bits per heavy atom. The second-order valence-corrected chi connectivity index (χ2v) is 11.1. The molecule has 1 amide bonds. The van der Waals surface area contributed by atoms with Crippen molar-refractivity contribution in [3.63, 3.8) is 0 Å². The second kappa shape index (κ2) is 8.61. The van der Waals surface area contributed by atoms with Crippen molar-refractivity contribution in [1.29, 1.82) is 0 Å². The number of thiophene rings is 1. The largest absolute Gasteiger partial charge is 0.444 e. The van der Waals surface area contributed by atoms with Crippen molar-refractivity contribution in [1.82, 2.24) is 20.1 Å². The highest BCUT2D eigenvalue weighted by molar-refractivity contribution is 7.17. The molecule has 4 heterocycles. The number of fused-ring (bicyclic) bond motifs is 2. The van der Waals surface area contributed by atoms with E-state index >= 15 is 0 Å². The summed E-state index contributed by atoms with van der Waals surface area (Å²) < 4.78 is 47.0. The quantitative estimate of drug-likeness (QED) is 0.483. The number of aromatic nitrogens is 3. The minimum absolute atomic E-state index is 0.0833. The molecule has 7 nitrogen and oxygen atoms in total. The Labute approximate surface area is 204 Å². The summed E-state index contributed by atoms with van der Waals surface area (Å²) in [5, 5.41) is 14.4. The zero-order valence-electron chi connectivity index (χ0n) is 19.6. The first-order valence-electron chi connectivity index (χ1n) is 11.5. The van der Waals surface area contributed by atoms with Gasteiger partial charge in [0.05, 0.1) is 10.3 Å². The third-order valence-corrected chi connectivity index (χ3v) is 7.43. The summed E-state index contributed by atoms with van der Waals surface area (Å²) in [4.78, 5) is 18.1. The minimum Gasteiger partial charge on any atom is -0.444 e. The van der Waals surface area contributed by atoms with Gasteiger partial charge in [0.25, 0.3) is 0 Å². The van der Waals surface area contributed by atoms with Crippen LogP contribution in [0.25, 0.3) is 21.3 Å². The smallest absolute Gasteiger partial charge is 0.417 e. The highest BCUT2D eigenvalue weighted by Gasteiger charge is 2.43. The van der Waals surface area contributed by atoms with E-state index in [0.717, 1.165) is 29.8 Å². The third-order valence-electron chi connectivity index (χ3n) is 6.51. The second-order valence-electron chi connectivity index (χ2n) is 10.2. The number of amides is 1. The first-order valence-corrected chi connectivity index (χ1v) is 12.4.